The topological polar surface area (TPSA) is 80.9 Å². The Hall–Kier alpha value is -3.03. The summed E-state index contributed by atoms with van der Waals surface area (Å²) in [6, 6.07) is 15.5. The second kappa shape index (κ2) is 9.19. The lowest BCUT2D eigenvalue weighted by Crippen LogP contribution is -2.12. The van der Waals surface area contributed by atoms with E-state index in [0.717, 1.165) is 33.0 Å². The Morgan fingerprint density at radius 3 is 2.80 bits per heavy atom. The van der Waals surface area contributed by atoms with Crippen molar-refractivity contribution >= 4 is 34.0 Å². The van der Waals surface area contributed by atoms with E-state index in [2.05, 4.69) is 20.5 Å². The minimum atomic E-state index is -0.145. The standard InChI is InChI=1S/C22H19ClN4O2S/c1-14-7-8-15(12-18(14)23)11-17-13-24-22(30-17)25-19(28)9-10-20-26-27-21(29-20)16-5-3-2-4-6-16/h2-8,12-13H,9-11H2,1H3,(H,24,25,28). The van der Waals surface area contributed by atoms with Crippen LogP contribution in [-0.4, -0.2) is 21.1 Å². The number of nitrogens with one attached hydrogen (secondary N) is 1. The maximum absolute atomic E-state index is 12.3. The quantitative estimate of drug-likeness (QED) is 0.422. The Bertz CT molecular complexity index is 1160. The fourth-order valence-electron chi connectivity index (χ4n) is 2.85. The summed E-state index contributed by atoms with van der Waals surface area (Å²) in [6.45, 7) is 1.98. The van der Waals surface area contributed by atoms with Crippen molar-refractivity contribution in [2.24, 2.45) is 0 Å². The minimum Gasteiger partial charge on any atom is -0.421 e. The Morgan fingerprint density at radius 1 is 1.17 bits per heavy atom. The second-order valence-corrected chi connectivity index (χ2v) is 8.33. The molecule has 6 nitrogen and oxygen atoms in total. The van der Waals surface area contributed by atoms with Crippen molar-refractivity contribution in [3.05, 3.63) is 81.6 Å². The molecule has 0 spiro atoms. The molecule has 0 unspecified atom stereocenters. The fraction of sp³-hybridized carbons (Fsp3) is 0.182. The second-order valence-electron chi connectivity index (χ2n) is 6.81. The molecule has 4 rings (SSSR count). The molecule has 0 radical (unpaired) electrons. The molecule has 1 N–H and O–H groups in total. The molecular weight excluding hydrogens is 420 g/mol. The van der Waals surface area contributed by atoms with Gasteiger partial charge in [0.1, 0.15) is 0 Å². The zero-order chi connectivity index (χ0) is 20.9. The smallest absolute Gasteiger partial charge is 0.247 e. The van der Waals surface area contributed by atoms with Crippen LogP contribution in [0.15, 0.2) is 59.1 Å². The van der Waals surface area contributed by atoms with Gasteiger partial charge in [-0.3, -0.25) is 4.79 Å². The number of benzene rings is 2. The lowest BCUT2D eigenvalue weighted by atomic mass is 10.1. The predicted octanol–water partition coefficient (Wildman–Crippen LogP) is 5.32. The number of anilines is 1. The largest absolute Gasteiger partial charge is 0.421 e. The number of hydrogen-bond acceptors (Lipinski definition) is 6. The number of halogens is 1. The van der Waals surface area contributed by atoms with Crippen LogP contribution in [0.4, 0.5) is 5.13 Å². The summed E-state index contributed by atoms with van der Waals surface area (Å²) in [7, 11) is 0. The molecule has 0 saturated carbocycles. The van der Waals surface area contributed by atoms with E-state index in [4.69, 9.17) is 16.0 Å². The van der Waals surface area contributed by atoms with E-state index >= 15 is 0 Å². The molecule has 0 saturated heterocycles. The van der Waals surface area contributed by atoms with Gasteiger partial charge in [-0.2, -0.15) is 0 Å². The van der Waals surface area contributed by atoms with E-state index in [1.54, 1.807) is 6.20 Å². The van der Waals surface area contributed by atoms with Crippen LogP contribution in [0, 0.1) is 6.92 Å². The predicted molar refractivity (Wildman–Crippen MR) is 118 cm³/mol. The normalized spacial score (nSPS) is 10.9. The monoisotopic (exact) mass is 438 g/mol. The highest BCUT2D eigenvalue weighted by Gasteiger charge is 2.12. The van der Waals surface area contributed by atoms with Gasteiger partial charge in [0.05, 0.1) is 0 Å². The molecule has 2 heterocycles. The van der Waals surface area contributed by atoms with E-state index < -0.39 is 0 Å². The molecule has 1 amide bonds. The molecule has 0 aliphatic rings. The highest BCUT2D eigenvalue weighted by molar-refractivity contribution is 7.15. The van der Waals surface area contributed by atoms with Crippen LogP contribution in [0.1, 0.15) is 28.3 Å². The van der Waals surface area contributed by atoms with Crippen LogP contribution in [0.2, 0.25) is 5.02 Å². The van der Waals surface area contributed by atoms with Gasteiger partial charge >= 0.3 is 0 Å². The maximum Gasteiger partial charge on any atom is 0.247 e. The molecule has 8 heteroatoms. The molecule has 4 aromatic rings. The SMILES string of the molecule is Cc1ccc(Cc2cnc(NC(=O)CCc3nnc(-c4ccccc4)o3)s2)cc1Cl. The molecule has 0 atom stereocenters. The Morgan fingerprint density at radius 2 is 2.00 bits per heavy atom. The number of nitrogens with zero attached hydrogens (tertiary/aromatic N) is 3. The van der Waals surface area contributed by atoms with Crippen LogP contribution in [-0.2, 0) is 17.6 Å². The van der Waals surface area contributed by atoms with E-state index in [0.29, 0.717) is 23.3 Å². The number of amides is 1. The third-order valence-corrected chi connectivity index (χ3v) is 5.79. The summed E-state index contributed by atoms with van der Waals surface area (Å²) < 4.78 is 5.63. The van der Waals surface area contributed by atoms with Crippen molar-refractivity contribution in [1.82, 2.24) is 15.2 Å². The molecule has 2 aromatic heterocycles. The number of rotatable bonds is 7. The van der Waals surface area contributed by atoms with Crippen LogP contribution in [0.5, 0.6) is 0 Å². The first-order chi connectivity index (χ1) is 14.6. The highest BCUT2D eigenvalue weighted by Crippen LogP contribution is 2.24. The summed E-state index contributed by atoms with van der Waals surface area (Å²) in [5, 5.41) is 12.2. The van der Waals surface area contributed by atoms with Crippen LogP contribution >= 0.6 is 22.9 Å². The van der Waals surface area contributed by atoms with Gasteiger partial charge in [0.2, 0.25) is 17.7 Å². The average Bonchev–Trinajstić information content (AvgIpc) is 3.39. The summed E-state index contributed by atoms with van der Waals surface area (Å²) in [6.07, 6.45) is 3.10. The van der Waals surface area contributed by atoms with Gasteiger partial charge in [0.15, 0.2) is 5.13 Å². The van der Waals surface area contributed by atoms with Gasteiger partial charge < -0.3 is 9.73 Å². The van der Waals surface area contributed by atoms with Gasteiger partial charge in [0.25, 0.3) is 0 Å². The van der Waals surface area contributed by atoms with Crippen molar-refractivity contribution in [3.8, 4) is 11.5 Å². The van der Waals surface area contributed by atoms with Crippen LogP contribution < -0.4 is 5.32 Å². The van der Waals surface area contributed by atoms with Crippen molar-refractivity contribution in [3.63, 3.8) is 0 Å². The van der Waals surface area contributed by atoms with E-state index in [-0.39, 0.29) is 12.3 Å². The van der Waals surface area contributed by atoms with E-state index in [1.165, 1.54) is 11.3 Å². The first-order valence-electron chi connectivity index (χ1n) is 9.44. The molecule has 0 fully saturated rings. The lowest BCUT2D eigenvalue weighted by molar-refractivity contribution is -0.116. The van der Waals surface area contributed by atoms with Gasteiger partial charge in [0, 0.05) is 40.9 Å². The molecule has 152 valence electrons. The van der Waals surface area contributed by atoms with Crippen LogP contribution in [0.25, 0.3) is 11.5 Å². The van der Waals surface area contributed by atoms with Crippen molar-refractivity contribution < 1.29 is 9.21 Å². The van der Waals surface area contributed by atoms with Crippen LogP contribution in [0.3, 0.4) is 0 Å². The number of aromatic nitrogens is 3. The molecule has 0 aliphatic heterocycles. The molecule has 0 aliphatic carbocycles. The highest BCUT2D eigenvalue weighted by atomic mass is 35.5. The summed E-state index contributed by atoms with van der Waals surface area (Å²) >= 11 is 7.64. The minimum absolute atomic E-state index is 0.145. The van der Waals surface area contributed by atoms with E-state index in [1.807, 2.05) is 55.5 Å². The maximum atomic E-state index is 12.3. The van der Waals surface area contributed by atoms with Gasteiger partial charge in [-0.1, -0.05) is 41.9 Å². The van der Waals surface area contributed by atoms with Gasteiger partial charge in [-0.25, -0.2) is 4.98 Å². The van der Waals surface area contributed by atoms with Crippen molar-refractivity contribution in [2.75, 3.05) is 5.32 Å². The summed E-state index contributed by atoms with van der Waals surface area (Å²) in [5.74, 6) is 0.737. The average molecular weight is 439 g/mol. The molecule has 30 heavy (non-hydrogen) atoms. The third kappa shape index (κ3) is 5.11. The number of hydrogen-bond donors (Lipinski definition) is 1. The number of carbonyl (C=O) groups is 1. The van der Waals surface area contributed by atoms with Crippen molar-refractivity contribution in [2.45, 2.75) is 26.2 Å². The molecular formula is C22H19ClN4O2S. The first-order valence-corrected chi connectivity index (χ1v) is 10.6. The lowest BCUT2D eigenvalue weighted by Gasteiger charge is -2.02. The van der Waals surface area contributed by atoms with Gasteiger partial charge in [-0.05, 0) is 36.2 Å². The first kappa shape index (κ1) is 20.3. The zero-order valence-electron chi connectivity index (χ0n) is 16.3. The zero-order valence-corrected chi connectivity index (χ0v) is 17.8. The van der Waals surface area contributed by atoms with Crippen molar-refractivity contribution in [1.29, 1.82) is 0 Å². The summed E-state index contributed by atoms with van der Waals surface area (Å²) in [4.78, 5) is 17.6. The summed E-state index contributed by atoms with van der Waals surface area (Å²) in [5.41, 5.74) is 3.01. The fourth-order valence-corrected chi connectivity index (χ4v) is 3.91. The van der Waals surface area contributed by atoms with E-state index in [9.17, 15) is 4.79 Å². The Balaban J connectivity index is 1.29. The number of thiazole rings is 1. The Kier molecular flexibility index (Phi) is 6.21. The third-order valence-electron chi connectivity index (χ3n) is 4.47. The number of carbonyl (C=O) groups excluding carboxylic acids is 1. The Labute approximate surface area is 183 Å². The van der Waals surface area contributed by atoms with Gasteiger partial charge in [-0.15, -0.1) is 21.5 Å². The number of aryl methyl sites for hydroxylation is 2. The molecule has 0 bridgehead atoms. The molecule has 2 aromatic carbocycles.